The number of carbonyl (C=O) groups is 2. The number of nitrogens with one attached hydrogen (secondary N) is 1. The van der Waals surface area contributed by atoms with Gasteiger partial charge in [0, 0.05) is 19.5 Å². The first-order valence-corrected chi connectivity index (χ1v) is 11.0. The molecule has 0 spiro atoms. The van der Waals surface area contributed by atoms with Crippen molar-refractivity contribution in [3.63, 3.8) is 0 Å². The number of rotatable bonds is 10. The van der Waals surface area contributed by atoms with Gasteiger partial charge in [-0.15, -0.1) is 0 Å². The number of halogens is 1. The van der Waals surface area contributed by atoms with Crippen LogP contribution >= 0.6 is 0 Å². The van der Waals surface area contributed by atoms with E-state index in [1.807, 2.05) is 54.6 Å². The van der Waals surface area contributed by atoms with Crippen molar-refractivity contribution in [1.29, 1.82) is 0 Å². The zero-order chi connectivity index (χ0) is 23.6. The number of amides is 2. The number of hydrogen-bond donors (Lipinski definition) is 1. The molecule has 0 radical (unpaired) electrons. The molecule has 0 heterocycles. The molecule has 0 aromatic heterocycles. The fourth-order valence-corrected chi connectivity index (χ4v) is 3.64. The molecule has 0 fully saturated rings. The first-order valence-electron chi connectivity index (χ1n) is 11.0. The number of nitrogens with zero attached hydrogens (tertiary/aromatic N) is 1. The Labute approximate surface area is 194 Å². The van der Waals surface area contributed by atoms with Gasteiger partial charge in [0.1, 0.15) is 17.6 Å². The van der Waals surface area contributed by atoms with Crippen molar-refractivity contribution in [3.05, 3.63) is 101 Å². The molecular weight excluding hydrogens is 419 g/mol. The second kappa shape index (κ2) is 11.8. The molecule has 33 heavy (non-hydrogen) atoms. The molecule has 1 atom stereocenters. The highest BCUT2D eigenvalue weighted by Gasteiger charge is 2.30. The largest absolute Gasteiger partial charge is 0.497 e. The van der Waals surface area contributed by atoms with Crippen molar-refractivity contribution in [1.82, 2.24) is 10.2 Å². The van der Waals surface area contributed by atoms with Gasteiger partial charge in [-0.2, -0.15) is 0 Å². The first kappa shape index (κ1) is 24.0. The maximum absolute atomic E-state index is 13.4. The standard InChI is InChI=1S/C27H29FN2O3/c1-3-25(31)30(19-21-9-13-23(28)14-10-21)26(22-7-5-4-6-8-22)27(32)29-18-17-20-11-15-24(33-2)16-12-20/h4-16,26H,3,17-19H2,1-2H3,(H,29,32)/t26-/m1/s1. The molecule has 3 rings (SSSR count). The third-order valence-electron chi connectivity index (χ3n) is 5.44. The Morgan fingerprint density at radius 2 is 1.58 bits per heavy atom. The van der Waals surface area contributed by atoms with Crippen molar-refractivity contribution in [2.45, 2.75) is 32.4 Å². The van der Waals surface area contributed by atoms with E-state index in [4.69, 9.17) is 4.74 Å². The van der Waals surface area contributed by atoms with Gasteiger partial charge in [0.2, 0.25) is 11.8 Å². The van der Waals surface area contributed by atoms with Gasteiger partial charge in [0.05, 0.1) is 7.11 Å². The zero-order valence-electron chi connectivity index (χ0n) is 19.0. The van der Waals surface area contributed by atoms with E-state index in [9.17, 15) is 14.0 Å². The monoisotopic (exact) mass is 448 g/mol. The predicted octanol–water partition coefficient (Wildman–Crippen LogP) is 4.67. The molecule has 0 aliphatic rings. The lowest BCUT2D eigenvalue weighted by Gasteiger charge is -2.31. The Kier molecular flexibility index (Phi) is 8.58. The molecular formula is C27H29FN2O3. The second-order valence-corrected chi connectivity index (χ2v) is 7.70. The van der Waals surface area contributed by atoms with Crippen molar-refractivity contribution >= 4 is 11.8 Å². The van der Waals surface area contributed by atoms with Crippen molar-refractivity contribution in [2.75, 3.05) is 13.7 Å². The number of carbonyl (C=O) groups excluding carboxylic acids is 2. The maximum atomic E-state index is 13.4. The molecule has 0 saturated carbocycles. The van der Waals surface area contributed by atoms with E-state index in [0.717, 1.165) is 22.4 Å². The van der Waals surface area contributed by atoms with Crippen molar-refractivity contribution < 1.29 is 18.7 Å². The summed E-state index contributed by atoms with van der Waals surface area (Å²) in [4.78, 5) is 27.8. The Hall–Kier alpha value is -3.67. The van der Waals surface area contributed by atoms with Gasteiger partial charge >= 0.3 is 0 Å². The summed E-state index contributed by atoms with van der Waals surface area (Å²) in [7, 11) is 1.62. The van der Waals surface area contributed by atoms with E-state index >= 15 is 0 Å². The van der Waals surface area contributed by atoms with Crippen LogP contribution in [-0.4, -0.2) is 30.4 Å². The van der Waals surface area contributed by atoms with Gasteiger partial charge in [0.15, 0.2) is 0 Å². The van der Waals surface area contributed by atoms with Crippen LogP contribution in [0.5, 0.6) is 5.75 Å². The van der Waals surface area contributed by atoms with Crippen LogP contribution in [0.4, 0.5) is 4.39 Å². The molecule has 0 aliphatic heterocycles. The Morgan fingerprint density at radius 3 is 2.18 bits per heavy atom. The first-order chi connectivity index (χ1) is 16.0. The highest BCUT2D eigenvalue weighted by Crippen LogP contribution is 2.25. The molecule has 0 aliphatic carbocycles. The van der Waals surface area contributed by atoms with Crippen LogP contribution in [0.1, 0.15) is 36.1 Å². The molecule has 6 heteroatoms. The second-order valence-electron chi connectivity index (χ2n) is 7.70. The van der Waals surface area contributed by atoms with Crippen LogP contribution in [0.2, 0.25) is 0 Å². The Morgan fingerprint density at radius 1 is 0.939 bits per heavy atom. The molecule has 3 aromatic carbocycles. The van der Waals surface area contributed by atoms with E-state index in [1.54, 1.807) is 31.1 Å². The van der Waals surface area contributed by atoms with Crippen LogP contribution in [0, 0.1) is 5.82 Å². The zero-order valence-corrected chi connectivity index (χ0v) is 19.0. The lowest BCUT2D eigenvalue weighted by Crippen LogP contribution is -2.43. The quantitative estimate of drug-likeness (QED) is 0.490. The van der Waals surface area contributed by atoms with Gasteiger partial charge in [-0.05, 0) is 47.4 Å². The summed E-state index contributed by atoms with van der Waals surface area (Å²) >= 11 is 0. The highest BCUT2D eigenvalue weighted by molar-refractivity contribution is 5.88. The van der Waals surface area contributed by atoms with E-state index in [-0.39, 0.29) is 30.6 Å². The Balaban J connectivity index is 1.79. The number of hydrogen-bond acceptors (Lipinski definition) is 3. The summed E-state index contributed by atoms with van der Waals surface area (Å²) in [6, 6.07) is 22.1. The lowest BCUT2D eigenvalue weighted by atomic mass is 10.0. The predicted molar refractivity (Wildman–Crippen MR) is 126 cm³/mol. The summed E-state index contributed by atoms with van der Waals surface area (Å²) in [6.07, 6.45) is 0.903. The maximum Gasteiger partial charge on any atom is 0.247 e. The molecule has 3 aromatic rings. The third-order valence-corrected chi connectivity index (χ3v) is 5.44. The van der Waals surface area contributed by atoms with Gasteiger partial charge in [-0.25, -0.2) is 4.39 Å². The SMILES string of the molecule is CCC(=O)N(Cc1ccc(F)cc1)[C@@H](C(=O)NCCc1ccc(OC)cc1)c1ccccc1. The summed E-state index contributed by atoms with van der Waals surface area (Å²) in [6.45, 7) is 2.40. The minimum Gasteiger partial charge on any atom is -0.497 e. The van der Waals surface area contributed by atoms with Gasteiger partial charge < -0.3 is 15.0 Å². The van der Waals surface area contributed by atoms with Gasteiger partial charge in [0.25, 0.3) is 0 Å². The van der Waals surface area contributed by atoms with E-state index in [1.165, 1.54) is 12.1 Å². The Bertz CT molecular complexity index is 1040. The lowest BCUT2D eigenvalue weighted by molar-refractivity contribution is -0.141. The molecule has 2 amide bonds. The minimum absolute atomic E-state index is 0.154. The summed E-state index contributed by atoms with van der Waals surface area (Å²) < 4.78 is 18.5. The fraction of sp³-hybridized carbons (Fsp3) is 0.259. The summed E-state index contributed by atoms with van der Waals surface area (Å²) in [5.74, 6) is 0.0292. The molecule has 0 saturated heterocycles. The van der Waals surface area contributed by atoms with Gasteiger partial charge in [-0.3, -0.25) is 9.59 Å². The number of benzene rings is 3. The third kappa shape index (κ3) is 6.65. The van der Waals surface area contributed by atoms with E-state index in [0.29, 0.717) is 13.0 Å². The van der Waals surface area contributed by atoms with Crippen LogP contribution in [0.15, 0.2) is 78.9 Å². The normalized spacial score (nSPS) is 11.5. The molecule has 1 N–H and O–H groups in total. The molecule has 5 nitrogen and oxygen atoms in total. The van der Waals surface area contributed by atoms with Crippen LogP contribution in [-0.2, 0) is 22.6 Å². The average molecular weight is 449 g/mol. The number of ether oxygens (including phenoxy) is 1. The molecule has 172 valence electrons. The van der Waals surface area contributed by atoms with Crippen molar-refractivity contribution in [3.8, 4) is 5.75 Å². The van der Waals surface area contributed by atoms with E-state index in [2.05, 4.69) is 5.32 Å². The topological polar surface area (TPSA) is 58.6 Å². The van der Waals surface area contributed by atoms with Crippen LogP contribution in [0.25, 0.3) is 0 Å². The molecule has 0 unspecified atom stereocenters. The van der Waals surface area contributed by atoms with Crippen LogP contribution < -0.4 is 10.1 Å². The average Bonchev–Trinajstić information content (AvgIpc) is 2.85. The smallest absolute Gasteiger partial charge is 0.247 e. The fourth-order valence-electron chi connectivity index (χ4n) is 3.64. The van der Waals surface area contributed by atoms with Gasteiger partial charge in [-0.1, -0.05) is 61.5 Å². The number of methoxy groups -OCH3 is 1. The summed E-state index contributed by atoms with van der Waals surface area (Å²) in [5, 5.41) is 2.99. The molecule has 0 bridgehead atoms. The van der Waals surface area contributed by atoms with Crippen LogP contribution in [0.3, 0.4) is 0 Å². The summed E-state index contributed by atoms with van der Waals surface area (Å²) in [5.41, 5.74) is 2.55. The van der Waals surface area contributed by atoms with Crippen molar-refractivity contribution in [2.24, 2.45) is 0 Å². The highest BCUT2D eigenvalue weighted by atomic mass is 19.1. The van der Waals surface area contributed by atoms with E-state index < -0.39 is 6.04 Å². The minimum atomic E-state index is -0.792.